The number of ether oxygens (including phenoxy) is 1. The van der Waals surface area contributed by atoms with Crippen LogP contribution in [0.3, 0.4) is 0 Å². The summed E-state index contributed by atoms with van der Waals surface area (Å²) in [7, 11) is 0. The van der Waals surface area contributed by atoms with Gasteiger partial charge in [0.15, 0.2) is 5.75 Å². The topological polar surface area (TPSA) is 35.0 Å². The summed E-state index contributed by atoms with van der Waals surface area (Å²) in [5.41, 5.74) is 2.53. The van der Waals surface area contributed by atoms with Crippen LogP contribution in [0.1, 0.15) is 11.3 Å². The number of pyridine rings is 2. The van der Waals surface area contributed by atoms with E-state index in [1.807, 2.05) is 31.2 Å². The van der Waals surface area contributed by atoms with E-state index in [4.69, 9.17) is 27.9 Å². The predicted octanol–water partition coefficient (Wildman–Crippen LogP) is 5.12. The molecule has 1 aromatic carbocycles. The van der Waals surface area contributed by atoms with E-state index in [1.165, 1.54) is 0 Å². The molecule has 0 unspecified atom stereocenters. The predicted molar refractivity (Wildman–Crippen MR) is 85.4 cm³/mol. The minimum Gasteiger partial charge on any atom is -0.437 e. The Bertz CT molecular complexity index is 805. The highest BCUT2D eigenvalue weighted by Gasteiger charge is 2.09. The van der Waals surface area contributed by atoms with E-state index in [2.05, 4.69) is 9.97 Å². The lowest BCUT2D eigenvalue weighted by Gasteiger charge is -2.10. The molecule has 0 aliphatic heterocycles. The highest BCUT2D eigenvalue weighted by atomic mass is 35.5. The van der Waals surface area contributed by atoms with E-state index in [9.17, 15) is 0 Å². The molecule has 0 aliphatic carbocycles. The standard InChI is InChI=1S/C16H12Cl2N2O/c1-10-7-11(9-17)8-15(20-10)21-14-5-4-13(18)12-3-2-6-19-16(12)14/h2-8H,9H2,1H3. The Morgan fingerprint density at radius 2 is 2.05 bits per heavy atom. The van der Waals surface area contributed by atoms with E-state index in [0.717, 1.165) is 16.6 Å². The summed E-state index contributed by atoms with van der Waals surface area (Å²) in [6.07, 6.45) is 1.71. The molecule has 0 amide bonds. The van der Waals surface area contributed by atoms with Crippen molar-refractivity contribution in [2.45, 2.75) is 12.8 Å². The minimum absolute atomic E-state index is 0.416. The molecule has 21 heavy (non-hydrogen) atoms. The van der Waals surface area contributed by atoms with E-state index in [1.54, 1.807) is 18.3 Å². The van der Waals surface area contributed by atoms with Crippen LogP contribution in [-0.2, 0) is 5.88 Å². The van der Waals surface area contributed by atoms with Gasteiger partial charge in [-0.1, -0.05) is 11.6 Å². The molecule has 3 rings (SSSR count). The maximum absolute atomic E-state index is 6.18. The molecule has 0 atom stereocenters. The Balaban J connectivity index is 2.06. The molecule has 106 valence electrons. The first-order chi connectivity index (χ1) is 10.2. The van der Waals surface area contributed by atoms with Gasteiger partial charge in [-0.3, -0.25) is 4.98 Å². The van der Waals surface area contributed by atoms with Crippen molar-refractivity contribution in [3.05, 3.63) is 58.9 Å². The number of fused-ring (bicyclic) bond motifs is 1. The number of halogens is 2. The van der Waals surface area contributed by atoms with Crippen LogP contribution in [-0.4, -0.2) is 9.97 Å². The molecule has 3 nitrogen and oxygen atoms in total. The lowest BCUT2D eigenvalue weighted by molar-refractivity contribution is 0.465. The van der Waals surface area contributed by atoms with Crippen molar-refractivity contribution in [1.82, 2.24) is 9.97 Å². The van der Waals surface area contributed by atoms with Crippen LogP contribution in [0.2, 0.25) is 5.02 Å². The fourth-order valence-electron chi connectivity index (χ4n) is 2.14. The fraction of sp³-hybridized carbons (Fsp3) is 0.125. The van der Waals surface area contributed by atoms with Crippen molar-refractivity contribution in [2.24, 2.45) is 0 Å². The third-order valence-electron chi connectivity index (χ3n) is 3.04. The van der Waals surface area contributed by atoms with Crippen molar-refractivity contribution >= 4 is 34.1 Å². The number of aromatic nitrogens is 2. The van der Waals surface area contributed by atoms with E-state index >= 15 is 0 Å². The highest BCUT2D eigenvalue weighted by Crippen LogP contribution is 2.32. The average Bonchev–Trinajstić information content (AvgIpc) is 2.50. The zero-order valence-electron chi connectivity index (χ0n) is 11.3. The highest BCUT2D eigenvalue weighted by molar-refractivity contribution is 6.35. The van der Waals surface area contributed by atoms with Crippen LogP contribution in [0.5, 0.6) is 11.6 Å². The summed E-state index contributed by atoms with van der Waals surface area (Å²) in [5.74, 6) is 1.54. The first-order valence-electron chi connectivity index (χ1n) is 6.42. The second kappa shape index (κ2) is 5.88. The lowest BCUT2D eigenvalue weighted by atomic mass is 10.2. The molecule has 0 aliphatic rings. The van der Waals surface area contributed by atoms with E-state index in [-0.39, 0.29) is 0 Å². The molecule has 0 saturated heterocycles. The number of hydrogen-bond donors (Lipinski definition) is 0. The minimum atomic E-state index is 0.416. The number of hydrogen-bond acceptors (Lipinski definition) is 3. The number of aryl methyl sites for hydroxylation is 1. The Hall–Kier alpha value is -1.84. The van der Waals surface area contributed by atoms with Crippen LogP contribution < -0.4 is 4.74 Å². The van der Waals surface area contributed by atoms with Gasteiger partial charge in [0.05, 0.1) is 5.02 Å². The maximum Gasteiger partial charge on any atom is 0.219 e. The number of rotatable bonds is 3. The summed E-state index contributed by atoms with van der Waals surface area (Å²) >= 11 is 12.1. The van der Waals surface area contributed by atoms with Gasteiger partial charge in [0.2, 0.25) is 5.88 Å². The number of alkyl halides is 1. The largest absolute Gasteiger partial charge is 0.437 e. The monoisotopic (exact) mass is 318 g/mol. The molecule has 2 heterocycles. The van der Waals surface area contributed by atoms with Gasteiger partial charge in [-0.15, -0.1) is 11.6 Å². The van der Waals surface area contributed by atoms with Crippen molar-refractivity contribution in [3.63, 3.8) is 0 Å². The molecule has 0 fully saturated rings. The molecule has 3 aromatic rings. The first kappa shape index (κ1) is 14.1. The van der Waals surface area contributed by atoms with Gasteiger partial charge in [-0.05, 0) is 42.8 Å². The Labute approximate surface area is 132 Å². The van der Waals surface area contributed by atoms with Gasteiger partial charge in [-0.25, -0.2) is 4.98 Å². The molecule has 0 spiro atoms. The van der Waals surface area contributed by atoms with Crippen molar-refractivity contribution < 1.29 is 4.74 Å². The third kappa shape index (κ3) is 2.94. The van der Waals surface area contributed by atoms with Crippen molar-refractivity contribution in [1.29, 1.82) is 0 Å². The number of nitrogens with zero attached hydrogens (tertiary/aromatic N) is 2. The quantitative estimate of drug-likeness (QED) is 0.628. The Morgan fingerprint density at radius 3 is 2.86 bits per heavy atom. The Morgan fingerprint density at radius 1 is 1.19 bits per heavy atom. The maximum atomic E-state index is 6.18. The van der Waals surface area contributed by atoms with Crippen LogP contribution in [0, 0.1) is 6.92 Å². The van der Waals surface area contributed by atoms with Crippen LogP contribution in [0.4, 0.5) is 0 Å². The summed E-state index contributed by atoms with van der Waals surface area (Å²) in [5, 5.41) is 1.49. The zero-order valence-corrected chi connectivity index (χ0v) is 12.8. The third-order valence-corrected chi connectivity index (χ3v) is 3.68. The van der Waals surface area contributed by atoms with Crippen molar-refractivity contribution in [2.75, 3.05) is 0 Å². The smallest absolute Gasteiger partial charge is 0.219 e. The summed E-state index contributed by atoms with van der Waals surface area (Å²) in [6, 6.07) is 11.1. The molecule has 0 saturated carbocycles. The zero-order chi connectivity index (χ0) is 14.8. The van der Waals surface area contributed by atoms with Crippen LogP contribution >= 0.6 is 23.2 Å². The second-order valence-corrected chi connectivity index (χ2v) is 5.31. The number of benzene rings is 1. The van der Waals surface area contributed by atoms with Gasteiger partial charge in [0.1, 0.15) is 5.52 Å². The molecule has 0 N–H and O–H groups in total. The first-order valence-corrected chi connectivity index (χ1v) is 7.33. The van der Waals surface area contributed by atoms with E-state index in [0.29, 0.717) is 28.0 Å². The second-order valence-electron chi connectivity index (χ2n) is 4.64. The van der Waals surface area contributed by atoms with Crippen LogP contribution in [0.15, 0.2) is 42.6 Å². The summed E-state index contributed by atoms with van der Waals surface area (Å²) in [6.45, 7) is 1.90. The molecule has 0 radical (unpaired) electrons. The lowest BCUT2D eigenvalue weighted by Crippen LogP contribution is -1.94. The normalized spacial score (nSPS) is 10.8. The fourth-order valence-corrected chi connectivity index (χ4v) is 2.51. The molecule has 0 bridgehead atoms. The van der Waals surface area contributed by atoms with Gasteiger partial charge in [0, 0.05) is 29.2 Å². The van der Waals surface area contributed by atoms with Crippen molar-refractivity contribution in [3.8, 4) is 11.6 Å². The molecular weight excluding hydrogens is 307 g/mol. The molecule has 5 heteroatoms. The van der Waals surface area contributed by atoms with Gasteiger partial charge in [-0.2, -0.15) is 0 Å². The summed E-state index contributed by atoms with van der Waals surface area (Å²) < 4.78 is 5.88. The molecule has 2 aromatic heterocycles. The average molecular weight is 319 g/mol. The van der Waals surface area contributed by atoms with E-state index < -0.39 is 0 Å². The van der Waals surface area contributed by atoms with Gasteiger partial charge < -0.3 is 4.74 Å². The van der Waals surface area contributed by atoms with Gasteiger partial charge in [0.25, 0.3) is 0 Å². The SMILES string of the molecule is Cc1cc(CCl)cc(Oc2ccc(Cl)c3cccnc23)n1. The summed E-state index contributed by atoms with van der Waals surface area (Å²) in [4.78, 5) is 8.70. The Kier molecular flexibility index (Phi) is 3.95. The van der Waals surface area contributed by atoms with Crippen LogP contribution in [0.25, 0.3) is 10.9 Å². The van der Waals surface area contributed by atoms with Gasteiger partial charge >= 0.3 is 0 Å². The molecular formula is C16H12Cl2N2O.